The first kappa shape index (κ1) is 13.6. The van der Waals surface area contributed by atoms with E-state index in [1.807, 2.05) is 32.9 Å². The highest BCUT2D eigenvalue weighted by atomic mass is 16.4. The van der Waals surface area contributed by atoms with E-state index in [4.69, 9.17) is 4.42 Å². The summed E-state index contributed by atoms with van der Waals surface area (Å²) in [6, 6.07) is 5.65. The number of nitrogens with one attached hydrogen (secondary N) is 1. The molecular formula is C15H20N2O2. The SMILES string of the molecule is CCc1cnc(CNC(C)c2cc(C)ccc2O)o1. The number of hydrogen-bond donors (Lipinski definition) is 2. The van der Waals surface area contributed by atoms with Crippen molar-refractivity contribution in [1.82, 2.24) is 10.3 Å². The second-order valence-electron chi connectivity index (χ2n) is 4.74. The normalized spacial score (nSPS) is 12.6. The number of aromatic hydroxyl groups is 1. The number of nitrogens with zero attached hydrogens (tertiary/aromatic N) is 1. The summed E-state index contributed by atoms with van der Waals surface area (Å²) in [5, 5.41) is 13.2. The minimum Gasteiger partial charge on any atom is -0.508 e. The fraction of sp³-hybridized carbons (Fsp3) is 0.400. The number of rotatable bonds is 5. The number of oxazole rings is 1. The smallest absolute Gasteiger partial charge is 0.208 e. The Morgan fingerprint density at radius 2 is 2.21 bits per heavy atom. The fourth-order valence-corrected chi connectivity index (χ4v) is 1.96. The van der Waals surface area contributed by atoms with Crippen molar-refractivity contribution < 1.29 is 9.52 Å². The Hall–Kier alpha value is -1.81. The maximum absolute atomic E-state index is 9.87. The van der Waals surface area contributed by atoms with E-state index in [-0.39, 0.29) is 6.04 Å². The van der Waals surface area contributed by atoms with E-state index < -0.39 is 0 Å². The molecule has 1 aromatic heterocycles. The van der Waals surface area contributed by atoms with E-state index in [9.17, 15) is 5.11 Å². The van der Waals surface area contributed by atoms with Crippen molar-refractivity contribution in [2.24, 2.45) is 0 Å². The van der Waals surface area contributed by atoms with Gasteiger partial charge in [-0.2, -0.15) is 0 Å². The van der Waals surface area contributed by atoms with Gasteiger partial charge in [-0.1, -0.05) is 24.6 Å². The molecule has 0 radical (unpaired) electrons. The van der Waals surface area contributed by atoms with Gasteiger partial charge in [-0.3, -0.25) is 0 Å². The van der Waals surface area contributed by atoms with Crippen molar-refractivity contribution in [3.8, 4) is 5.75 Å². The molecule has 1 atom stereocenters. The second-order valence-corrected chi connectivity index (χ2v) is 4.74. The van der Waals surface area contributed by atoms with Crippen molar-refractivity contribution in [2.45, 2.75) is 39.8 Å². The molecule has 0 saturated heterocycles. The van der Waals surface area contributed by atoms with Crippen LogP contribution < -0.4 is 5.32 Å². The summed E-state index contributed by atoms with van der Waals surface area (Å²) in [7, 11) is 0. The van der Waals surface area contributed by atoms with Gasteiger partial charge in [0.05, 0.1) is 12.7 Å². The maximum Gasteiger partial charge on any atom is 0.208 e. The quantitative estimate of drug-likeness (QED) is 0.867. The Balaban J connectivity index is 2.00. The zero-order chi connectivity index (χ0) is 13.8. The van der Waals surface area contributed by atoms with Gasteiger partial charge in [-0.15, -0.1) is 0 Å². The van der Waals surface area contributed by atoms with Crippen LogP contribution in [0.5, 0.6) is 5.75 Å². The van der Waals surface area contributed by atoms with Crippen LogP contribution in [0.4, 0.5) is 0 Å². The summed E-state index contributed by atoms with van der Waals surface area (Å²) >= 11 is 0. The van der Waals surface area contributed by atoms with Crippen molar-refractivity contribution in [3.63, 3.8) is 0 Å². The number of aryl methyl sites for hydroxylation is 2. The Kier molecular flexibility index (Phi) is 4.22. The van der Waals surface area contributed by atoms with Crippen LogP contribution in [-0.2, 0) is 13.0 Å². The summed E-state index contributed by atoms with van der Waals surface area (Å²) in [4.78, 5) is 4.20. The molecule has 0 aliphatic rings. The third-order valence-electron chi connectivity index (χ3n) is 3.16. The minimum absolute atomic E-state index is 0.0388. The molecule has 0 aliphatic heterocycles. The zero-order valence-electron chi connectivity index (χ0n) is 11.6. The van der Waals surface area contributed by atoms with Crippen molar-refractivity contribution in [2.75, 3.05) is 0 Å². The molecule has 0 bridgehead atoms. The van der Waals surface area contributed by atoms with Crippen LogP contribution in [0.15, 0.2) is 28.8 Å². The Morgan fingerprint density at radius 1 is 1.42 bits per heavy atom. The zero-order valence-corrected chi connectivity index (χ0v) is 11.6. The molecule has 1 aromatic carbocycles. The van der Waals surface area contributed by atoms with Gasteiger partial charge in [-0.05, 0) is 19.9 Å². The van der Waals surface area contributed by atoms with Gasteiger partial charge in [0, 0.05) is 18.0 Å². The molecule has 4 heteroatoms. The van der Waals surface area contributed by atoms with Gasteiger partial charge in [0.25, 0.3) is 0 Å². The van der Waals surface area contributed by atoms with Crippen LogP contribution >= 0.6 is 0 Å². The third kappa shape index (κ3) is 3.35. The first-order valence-corrected chi connectivity index (χ1v) is 6.56. The summed E-state index contributed by atoms with van der Waals surface area (Å²) < 4.78 is 5.54. The molecule has 1 heterocycles. The van der Waals surface area contributed by atoms with Gasteiger partial charge >= 0.3 is 0 Å². The average molecular weight is 260 g/mol. The third-order valence-corrected chi connectivity index (χ3v) is 3.16. The molecule has 0 spiro atoms. The standard InChI is InChI=1S/C15H20N2O2/c1-4-12-8-17-15(19-12)9-16-11(3)13-7-10(2)5-6-14(13)18/h5-8,11,16,18H,4,9H2,1-3H3. The largest absolute Gasteiger partial charge is 0.508 e. The van der Waals surface area contributed by atoms with Gasteiger partial charge < -0.3 is 14.8 Å². The lowest BCUT2D eigenvalue weighted by atomic mass is 10.0. The molecule has 0 aliphatic carbocycles. The number of hydrogen-bond acceptors (Lipinski definition) is 4. The highest BCUT2D eigenvalue weighted by Gasteiger charge is 2.11. The lowest BCUT2D eigenvalue weighted by Gasteiger charge is -2.15. The average Bonchev–Trinajstić information content (AvgIpc) is 2.87. The fourth-order valence-electron chi connectivity index (χ4n) is 1.96. The first-order chi connectivity index (χ1) is 9.10. The molecule has 2 rings (SSSR count). The lowest BCUT2D eigenvalue weighted by Crippen LogP contribution is -2.18. The van der Waals surface area contributed by atoms with Crippen LogP contribution in [0.1, 0.15) is 42.7 Å². The van der Waals surface area contributed by atoms with E-state index in [2.05, 4.69) is 10.3 Å². The van der Waals surface area contributed by atoms with Crippen molar-refractivity contribution in [1.29, 1.82) is 0 Å². The van der Waals surface area contributed by atoms with Crippen LogP contribution in [0, 0.1) is 6.92 Å². The predicted octanol–water partition coefficient (Wildman–Crippen LogP) is 3.10. The van der Waals surface area contributed by atoms with Crippen LogP contribution in [0.2, 0.25) is 0 Å². The molecule has 2 aromatic rings. The number of aromatic nitrogens is 1. The summed E-state index contributed by atoms with van der Waals surface area (Å²) in [6.07, 6.45) is 2.60. The van der Waals surface area contributed by atoms with E-state index >= 15 is 0 Å². The van der Waals surface area contributed by atoms with Crippen LogP contribution in [0.3, 0.4) is 0 Å². The summed E-state index contributed by atoms with van der Waals surface area (Å²) in [6.45, 7) is 6.61. The molecule has 102 valence electrons. The Labute approximate surface area is 113 Å². The van der Waals surface area contributed by atoms with Crippen LogP contribution in [0.25, 0.3) is 0 Å². The first-order valence-electron chi connectivity index (χ1n) is 6.56. The highest BCUT2D eigenvalue weighted by Crippen LogP contribution is 2.25. The number of phenolic OH excluding ortho intramolecular Hbond substituents is 1. The van der Waals surface area contributed by atoms with Gasteiger partial charge in [-0.25, -0.2) is 4.98 Å². The van der Waals surface area contributed by atoms with Crippen molar-refractivity contribution in [3.05, 3.63) is 47.2 Å². The summed E-state index contributed by atoms with van der Waals surface area (Å²) in [5.74, 6) is 1.88. The van der Waals surface area contributed by atoms with Gasteiger partial charge in [0.2, 0.25) is 5.89 Å². The van der Waals surface area contributed by atoms with Gasteiger partial charge in [0.15, 0.2) is 0 Å². The van der Waals surface area contributed by atoms with Gasteiger partial charge in [0.1, 0.15) is 11.5 Å². The lowest BCUT2D eigenvalue weighted by molar-refractivity contribution is 0.414. The Bertz CT molecular complexity index is 549. The molecule has 1 unspecified atom stereocenters. The second kappa shape index (κ2) is 5.89. The van der Waals surface area contributed by atoms with Crippen molar-refractivity contribution >= 4 is 0 Å². The molecule has 2 N–H and O–H groups in total. The number of benzene rings is 1. The summed E-state index contributed by atoms with van der Waals surface area (Å²) in [5.41, 5.74) is 2.02. The molecule has 19 heavy (non-hydrogen) atoms. The monoisotopic (exact) mass is 260 g/mol. The molecule has 0 saturated carbocycles. The van der Waals surface area contributed by atoms with E-state index in [0.29, 0.717) is 18.2 Å². The van der Waals surface area contributed by atoms with Crippen LogP contribution in [-0.4, -0.2) is 10.1 Å². The highest BCUT2D eigenvalue weighted by molar-refractivity contribution is 5.37. The van der Waals surface area contributed by atoms with E-state index in [1.54, 1.807) is 12.3 Å². The van der Waals surface area contributed by atoms with E-state index in [0.717, 1.165) is 23.3 Å². The topological polar surface area (TPSA) is 58.3 Å². The Morgan fingerprint density at radius 3 is 2.89 bits per heavy atom. The molecule has 0 amide bonds. The molecular weight excluding hydrogens is 240 g/mol. The predicted molar refractivity (Wildman–Crippen MR) is 74.0 cm³/mol. The van der Waals surface area contributed by atoms with E-state index in [1.165, 1.54) is 0 Å². The minimum atomic E-state index is 0.0388. The maximum atomic E-state index is 9.87. The molecule has 4 nitrogen and oxygen atoms in total. The number of phenols is 1. The molecule has 0 fully saturated rings.